The molecule has 4 aromatic rings. The molecule has 140 valence electrons. The molecule has 6 nitrogen and oxygen atoms in total. The summed E-state index contributed by atoms with van der Waals surface area (Å²) in [6, 6.07) is 20.9. The van der Waals surface area contributed by atoms with Gasteiger partial charge in [-0.1, -0.05) is 18.2 Å². The van der Waals surface area contributed by atoms with Crippen LogP contribution in [-0.4, -0.2) is 26.9 Å². The van der Waals surface area contributed by atoms with Crippen molar-refractivity contribution in [2.75, 3.05) is 11.9 Å². The van der Waals surface area contributed by atoms with E-state index in [9.17, 15) is 4.79 Å². The standard InChI is InChI=1S/C22H20N4O2/c1-2-28-19-12-10-17(11-13-19)24-21(27)20-16-23-26(18-8-4-3-5-9-18)22(20)25-14-6-7-15-25/h3-16H,2H2,1H3,(H,24,27). The minimum atomic E-state index is -0.227. The normalized spacial score (nSPS) is 10.6. The molecular formula is C22H20N4O2. The Morgan fingerprint density at radius 3 is 2.39 bits per heavy atom. The van der Waals surface area contributed by atoms with Crippen LogP contribution in [0.25, 0.3) is 11.5 Å². The lowest BCUT2D eigenvalue weighted by molar-refractivity contribution is 0.102. The third-order valence-electron chi connectivity index (χ3n) is 4.26. The van der Waals surface area contributed by atoms with E-state index in [0.29, 0.717) is 23.7 Å². The second-order valence-electron chi connectivity index (χ2n) is 6.13. The lowest BCUT2D eigenvalue weighted by Gasteiger charge is -2.11. The Labute approximate surface area is 163 Å². The first-order valence-corrected chi connectivity index (χ1v) is 9.07. The van der Waals surface area contributed by atoms with E-state index >= 15 is 0 Å². The van der Waals surface area contributed by atoms with E-state index in [4.69, 9.17) is 4.74 Å². The molecule has 0 atom stereocenters. The molecule has 0 saturated carbocycles. The van der Waals surface area contributed by atoms with Crippen molar-refractivity contribution in [1.82, 2.24) is 14.3 Å². The van der Waals surface area contributed by atoms with Crippen LogP contribution in [0, 0.1) is 0 Å². The van der Waals surface area contributed by atoms with Gasteiger partial charge in [0.05, 0.1) is 18.5 Å². The van der Waals surface area contributed by atoms with Crippen LogP contribution < -0.4 is 10.1 Å². The number of amides is 1. The minimum Gasteiger partial charge on any atom is -0.494 e. The first kappa shape index (κ1) is 17.6. The van der Waals surface area contributed by atoms with Gasteiger partial charge < -0.3 is 14.6 Å². The summed E-state index contributed by atoms with van der Waals surface area (Å²) in [5.74, 6) is 1.22. The number of rotatable bonds is 6. The monoisotopic (exact) mass is 372 g/mol. The summed E-state index contributed by atoms with van der Waals surface area (Å²) in [4.78, 5) is 13.0. The third-order valence-corrected chi connectivity index (χ3v) is 4.26. The van der Waals surface area contributed by atoms with Gasteiger partial charge in [-0.25, -0.2) is 4.68 Å². The third kappa shape index (κ3) is 3.53. The Kier molecular flexibility index (Phi) is 4.93. The fourth-order valence-electron chi connectivity index (χ4n) is 2.98. The molecule has 0 aliphatic rings. The number of nitrogens with zero attached hydrogens (tertiary/aromatic N) is 3. The number of ether oxygens (including phenoxy) is 1. The zero-order chi connectivity index (χ0) is 19.3. The number of aromatic nitrogens is 3. The number of benzene rings is 2. The Morgan fingerprint density at radius 1 is 1.00 bits per heavy atom. The summed E-state index contributed by atoms with van der Waals surface area (Å²) >= 11 is 0. The van der Waals surface area contributed by atoms with E-state index in [1.807, 2.05) is 90.6 Å². The SMILES string of the molecule is CCOc1ccc(NC(=O)c2cnn(-c3ccccc3)c2-n2cccc2)cc1. The van der Waals surface area contributed by atoms with Crippen molar-refractivity contribution in [3.63, 3.8) is 0 Å². The molecule has 0 aliphatic heterocycles. The van der Waals surface area contributed by atoms with Crippen molar-refractivity contribution >= 4 is 11.6 Å². The Morgan fingerprint density at radius 2 is 1.71 bits per heavy atom. The summed E-state index contributed by atoms with van der Waals surface area (Å²) < 4.78 is 9.08. The van der Waals surface area contributed by atoms with Gasteiger partial charge in [-0.15, -0.1) is 0 Å². The van der Waals surface area contributed by atoms with Crippen molar-refractivity contribution < 1.29 is 9.53 Å². The molecule has 1 amide bonds. The molecule has 2 heterocycles. The Bertz CT molecular complexity index is 1050. The second-order valence-corrected chi connectivity index (χ2v) is 6.13. The van der Waals surface area contributed by atoms with E-state index in [-0.39, 0.29) is 5.91 Å². The fourth-order valence-corrected chi connectivity index (χ4v) is 2.98. The van der Waals surface area contributed by atoms with Gasteiger partial charge in [-0.05, 0) is 55.5 Å². The van der Waals surface area contributed by atoms with Crippen molar-refractivity contribution in [2.45, 2.75) is 6.92 Å². The van der Waals surface area contributed by atoms with Crippen molar-refractivity contribution in [3.05, 3.63) is 90.9 Å². The van der Waals surface area contributed by atoms with E-state index in [2.05, 4.69) is 10.4 Å². The number of nitrogens with one attached hydrogen (secondary N) is 1. The van der Waals surface area contributed by atoms with E-state index in [1.165, 1.54) is 0 Å². The molecule has 0 bridgehead atoms. The first-order valence-electron chi connectivity index (χ1n) is 9.07. The summed E-state index contributed by atoms with van der Waals surface area (Å²) in [7, 11) is 0. The second kappa shape index (κ2) is 7.84. The number of hydrogen-bond donors (Lipinski definition) is 1. The zero-order valence-corrected chi connectivity index (χ0v) is 15.4. The Hall–Kier alpha value is -3.80. The van der Waals surface area contributed by atoms with Crippen molar-refractivity contribution in [2.24, 2.45) is 0 Å². The fraction of sp³-hybridized carbons (Fsp3) is 0.0909. The molecular weight excluding hydrogens is 352 g/mol. The average Bonchev–Trinajstić information content (AvgIpc) is 3.40. The maximum Gasteiger partial charge on any atom is 0.261 e. The van der Waals surface area contributed by atoms with E-state index in [0.717, 1.165) is 11.4 Å². The van der Waals surface area contributed by atoms with Gasteiger partial charge in [0.2, 0.25) is 0 Å². The summed E-state index contributed by atoms with van der Waals surface area (Å²) in [6.07, 6.45) is 5.38. The van der Waals surface area contributed by atoms with E-state index < -0.39 is 0 Å². The number of hydrogen-bond acceptors (Lipinski definition) is 3. The van der Waals surface area contributed by atoms with Gasteiger partial charge in [-0.3, -0.25) is 4.79 Å². The lowest BCUT2D eigenvalue weighted by Crippen LogP contribution is -2.15. The van der Waals surface area contributed by atoms with Crippen LogP contribution in [0.5, 0.6) is 5.75 Å². The van der Waals surface area contributed by atoms with Crippen LogP contribution in [0.3, 0.4) is 0 Å². The smallest absolute Gasteiger partial charge is 0.261 e. The molecule has 0 radical (unpaired) electrons. The first-order chi connectivity index (χ1) is 13.8. The average molecular weight is 372 g/mol. The van der Waals surface area contributed by atoms with Crippen molar-refractivity contribution in [3.8, 4) is 17.3 Å². The molecule has 0 spiro atoms. The molecule has 2 aromatic heterocycles. The highest BCUT2D eigenvalue weighted by Gasteiger charge is 2.20. The topological polar surface area (TPSA) is 61.1 Å². The molecule has 6 heteroatoms. The summed E-state index contributed by atoms with van der Waals surface area (Å²) in [6.45, 7) is 2.54. The quantitative estimate of drug-likeness (QED) is 0.548. The minimum absolute atomic E-state index is 0.227. The van der Waals surface area contributed by atoms with Gasteiger partial charge in [0.25, 0.3) is 5.91 Å². The molecule has 1 N–H and O–H groups in total. The molecule has 0 unspecified atom stereocenters. The van der Waals surface area contributed by atoms with E-state index in [1.54, 1.807) is 10.9 Å². The van der Waals surface area contributed by atoms with Gasteiger partial charge in [0, 0.05) is 18.1 Å². The van der Waals surface area contributed by atoms with Gasteiger partial charge in [0.15, 0.2) is 5.82 Å². The molecule has 2 aromatic carbocycles. The molecule has 0 aliphatic carbocycles. The molecule has 0 saturated heterocycles. The number of anilines is 1. The largest absolute Gasteiger partial charge is 0.494 e. The van der Waals surface area contributed by atoms with Crippen LogP contribution in [0.2, 0.25) is 0 Å². The number of carbonyl (C=O) groups excluding carboxylic acids is 1. The van der Waals surface area contributed by atoms with Crippen LogP contribution in [0.1, 0.15) is 17.3 Å². The molecule has 4 rings (SSSR count). The van der Waals surface area contributed by atoms with Gasteiger partial charge in [-0.2, -0.15) is 5.10 Å². The highest BCUT2D eigenvalue weighted by molar-refractivity contribution is 6.06. The van der Waals surface area contributed by atoms with Crippen molar-refractivity contribution in [1.29, 1.82) is 0 Å². The summed E-state index contributed by atoms with van der Waals surface area (Å²) in [5, 5.41) is 7.39. The highest BCUT2D eigenvalue weighted by Crippen LogP contribution is 2.22. The predicted molar refractivity (Wildman–Crippen MR) is 108 cm³/mol. The maximum absolute atomic E-state index is 13.0. The Balaban J connectivity index is 1.67. The van der Waals surface area contributed by atoms with Crippen LogP contribution in [0.4, 0.5) is 5.69 Å². The van der Waals surface area contributed by atoms with Crippen LogP contribution >= 0.6 is 0 Å². The number of carbonyl (C=O) groups is 1. The predicted octanol–water partition coefficient (Wildman–Crippen LogP) is 4.31. The van der Waals surface area contributed by atoms with Gasteiger partial charge in [0.1, 0.15) is 11.3 Å². The zero-order valence-electron chi connectivity index (χ0n) is 15.4. The maximum atomic E-state index is 13.0. The molecule has 28 heavy (non-hydrogen) atoms. The van der Waals surface area contributed by atoms with Gasteiger partial charge >= 0.3 is 0 Å². The lowest BCUT2D eigenvalue weighted by atomic mass is 10.2. The number of para-hydroxylation sites is 1. The highest BCUT2D eigenvalue weighted by atomic mass is 16.5. The van der Waals surface area contributed by atoms with Crippen LogP contribution in [-0.2, 0) is 0 Å². The van der Waals surface area contributed by atoms with Crippen LogP contribution in [0.15, 0.2) is 85.3 Å². The summed E-state index contributed by atoms with van der Waals surface area (Å²) in [5.41, 5.74) is 2.06. The molecule has 0 fully saturated rings.